The number of benzene rings is 2. The molecule has 2 aromatic carbocycles. The Hall–Kier alpha value is -2.09. The number of anilines is 2. The molecule has 1 aliphatic rings. The molecular weight excluding hydrogens is 475 g/mol. The third-order valence-electron chi connectivity index (χ3n) is 4.90. The lowest BCUT2D eigenvalue weighted by Crippen LogP contribution is -2.24. The lowest BCUT2D eigenvalue weighted by Gasteiger charge is -2.19. The minimum atomic E-state index is 0. The molecule has 4 N–H and O–H groups in total. The SMILES string of the molecule is CC(C)CC(=O)Nc1cccc(CN=C(N)Nc2cccc3c2CCCC3)c1.I. The molecule has 0 radical (unpaired) electrons. The Balaban J connectivity index is 0.00000300. The molecule has 0 atom stereocenters. The number of rotatable bonds is 6. The van der Waals surface area contributed by atoms with E-state index >= 15 is 0 Å². The lowest BCUT2D eigenvalue weighted by molar-refractivity contribution is -0.116. The van der Waals surface area contributed by atoms with Gasteiger partial charge in [-0.3, -0.25) is 4.79 Å². The zero-order valence-electron chi connectivity index (χ0n) is 17.2. The van der Waals surface area contributed by atoms with Crippen molar-refractivity contribution in [2.45, 2.75) is 52.5 Å². The second-order valence-electron chi connectivity index (χ2n) is 7.82. The number of halogens is 1. The molecule has 156 valence electrons. The van der Waals surface area contributed by atoms with Gasteiger partial charge >= 0.3 is 0 Å². The van der Waals surface area contributed by atoms with Crippen LogP contribution in [0.4, 0.5) is 11.4 Å². The van der Waals surface area contributed by atoms with Crippen LogP contribution < -0.4 is 16.4 Å². The molecule has 0 spiro atoms. The van der Waals surface area contributed by atoms with Gasteiger partial charge in [0.15, 0.2) is 5.96 Å². The van der Waals surface area contributed by atoms with E-state index in [1.165, 1.54) is 24.0 Å². The summed E-state index contributed by atoms with van der Waals surface area (Å²) in [5.41, 5.74) is 11.8. The fraction of sp³-hybridized carbons (Fsp3) is 0.391. The standard InChI is InChI=1S/C23H30N4O.HI/c1-16(2)13-22(28)26-19-10-5-7-17(14-19)15-25-23(24)27-21-12-6-9-18-8-3-4-11-20(18)21;/h5-7,9-10,12,14,16H,3-4,8,11,13,15H2,1-2H3,(H,26,28)(H3,24,25,27);1H. The van der Waals surface area contributed by atoms with E-state index in [-0.39, 0.29) is 29.9 Å². The number of nitrogens with two attached hydrogens (primary N) is 1. The van der Waals surface area contributed by atoms with Crippen LogP contribution in [0.25, 0.3) is 0 Å². The number of nitrogens with one attached hydrogen (secondary N) is 2. The topological polar surface area (TPSA) is 79.5 Å². The van der Waals surface area contributed by atoms with Crippen LogP contribution in [0, 0.1) is 5.92 Å². The Morgan fingerprint density at radius 3 is 2.66 bits per heavy atom. The maximum absolute atomic E-state index is 12.0. The summed E-state index contributed by atoms with van der Waals surface area (Å²) in [6.07, 6.45) is 5.21. The summed E-state index contributed by atoms with van der Waals surface area (Å²) in [5, 5.41) is 6.21. The maximum Gasteiger partial charge on any atom is 0.224 e. The third-order valence-corrected chi connectivity index (χ3v) is 4.90. The molecule has 0 fully saturated rings. The summed E-state index contributed by atoms with van der Waals surface area (Å²) in [6.45, 7) is 4.52. The van der Waals surface area contributed by atoms with Gasteiger partial charge < -0.3 is 16.4 Å². The van der Waals surface area contributed by atoms with Crippen LogP contribution in [0.2, 0.25) is 0 Å². The predicted molar refractivity (Wildman–Crippen MR) is 132 cm³/mol. The number of guanidine groups is 1. The summed E-state index contributed by atoms with van der Waals surface area (Å²) in [7, 11) is 0. The Morgan fingerprint density at radius 2 is 1.86 bits per heavy atom. The summed E-state index contributed by atoms with van der Waals surface area (Å²) in [4.78, 5) is 16.4. The Kier molecular flexibility index (Phi) is 8.95. The zero-order chi connectivity index (χ0) is 19.9. The fourth-order valence-corrected chi connectivity index (χ4v) is 3.58. The van der Waals surface area contributed by atoms with Gasteiger partial charge in [0, 0.05) is 17.8 Å². The zero-order valence-corrected chi connectivity index (χ0v) is 19.5. The third kappa shape index (κ3) is 7.03. The molecule has 0 saturated heterocycles. The van der Waals surface area contributed by atoms with Gasteiger partial charge in [-0.25, -0.2) is 4.99 Å². The molecule has 1 aliphatic carbocycles. The van der Waals surface area contributed by atoms with Gasteiger partial charge in [-0.15, -0.1) is 24.0 Å². The number of carbonyl (C=O) groups excluding carboxylic acids is 1. The molecule has 0 aromatic heterocycles. The summed E-state index contributed by atoms with van der Waals surface area (Å²) >= 11 is 0. The molecule has 2 aromatic rings. The smallest absolute Gasteiger partial charge is 0.224 e. The highest BCUT2D eigenvalue weighted by molar-refractivity contribution is 14.0. The number of fused-ring (bicyclic) bond motifs is 1. The number of aliphatic imine (C=N–C) groups is 1. The molecule has 6 heteroatoms. The number of amides is 1. The molecule has 29 heavy (non-hydrogen) atoms. The van der Waals surface area contributed by atoms with Crippen molar-refractivity contribution >= 4 is 47.2 Å². The predicted octanol–water partition coefficient (Wildman–Crippen LogP) is 5.09. The van der Waals surface area contributed by atoms with Crippen molar-refractivity contribution in [1.82, 2.24) is 0 Å². The van der Waals surface area contributed by atoms with Crippen LogP contribution in [0.5, 0.6) is 0 Å². The first-order valence-corrected chi connectivity index (χ1v) is 10.1. The average Bonchev–Trinajstić information content (AvgIpc) is 2.66. The van der Waals surface area contributed by atoms with Crippen molar-refractivity contribution in [3.63, 3.8) is 0 Å². The Morgan fingerprint density at radius 1 is 1.10 bits per heavy atom. The van der Waals surface area contributed by atoms with Crippen LogP contribution in [0.15, 0.2) is 47.5 Å². The highest BCUT2D eigenvalue weighted by Gasteiger charge is 2.13. The lowest BCUT2D eigenvalue weighted by atomic mass is 9.90. The van der Waals surface area contributed by atoms with Crippen molar-refractivity contribution in [1.29, 1.82) is 0 Å². The Bertz CT molecular complexity index is 864. The molecule has 5 nitrogen and oxygen atoms in total. The molecule has 0 unspecified atom stereocenters. The van der Waals surface area contributed by atoms with Gasteiger partial charge in [0.05, 0.1) is 6.54 Å². The van der Waals surface area contributed by atoms with Crippen LogP contribution in [-0.4, -0.2) is 11.9 Å². The summed E-state index contributed by atoms with van der Waals surface area (Å²) in [5.74, 6) is 0.779. The first-order chi connectivity index (χ1) is 13.5. The van der Waals surface area contributed by atoms with Gasteiger partial charge in [-0.1, -0.05) is 38.1 Å². The van der Waals surface area contributed by atoms with Crippen molar-refractivity contribution in [2.24, 2.45) is 16.6 Å². The maximum atomic E-state index is 12.0. The van der Waals surface area contributed by atoms with Gasteiger partial charge in [-0.2, -0.15) is 0 Å². The number of aryl methyl sites for hydroxylation is 1. The summed E-state index contributed by atoms with van der Waals surface area (Å²) in [6, 6.07) is 14.1. The number of carbonyl (C=O) groups is 1. The Labute approximate surface area is 190 Å². The van der Waals surface area contributed by atoms with E-state index in [0.717, 1.165) is 29.8 Å². The number of hydrogen-bond donors (Lipinski definition) is 3. The second-order valence-corrected chi connectivity index (χ2v) is 7.82. The molecule has 0 saturated carbocycles. The van der Waals surface area contributed by atoms with Crippen molar-refractivity contribution in [2.75, 3.05) is 10.6 Å². The minimum absolute atomic E-state index is 0. The van der Waals surface area contributed by atoms with Gasteiger partial charge in [0.1, 0.15) is 0 Å². The first kappa shape index (κ1) is 23.2. The fourth-order valence-electron chi connectivity index (χ4n) is 3.58. The molecular formula is C23H31IN4O. The van der Waals surface area contributed by atoms with Crippen LogP contribution in [0.3, 0.4) is 0 Å². The molecule has 3 rings (SSSR count). The largest absolute Gasteiger partial charge is 0.370 e. The van der Waals surface area contributed by atoms with Gasteiger partial charge in [0.2, 0.25) is 5.91 Å². The number of hydrogen-bond acceptors (Lipinski definition) is 2. The first-order valence-electron chi connectivity index (χ1n) is 10.1. The second kappa shape index (κ2) is 11.2. The summed E-state index contributed by atoms with van der Waals surface area (Å²) < 4.78 is 0. The van der Waals surface area contributed by atoms with E-state index in [2.05, 4.69) is 33.8 Å². The average molecular weight is 506 g/mol. The highest BCUT2D eigenvalue weighted by atomic mass is 127. The van der Waals surface area contributed by atoms with E-state index in [1.807, 2.05) is 38.1 Å². The van der Waals surface area contributed by atoms with Gasteiger partial charge in [-0.05, 0) is 66.5 Å². The van der Waals surface area contributed by atoms with E-state index in [4.69, 9.17) is 5.73 Å². The van der Waals surface area contributed by atoms with E-state index < -0.39 is 0 Å². The minimum Gasteiger partial charge on any atom is -0.370 e. The molecule has 0 heterocycles. The van der Waals surface area contributed by atoms with Crippen LogP contribution in [0.1, 0.15) is 49.8 Å². The van der Waals surface area contributed by atoms with Crippen molar-refractivity contribution in [3.05, 3.63) is 59.2 Å². The molecule has 0 bridgehead atoms. The normalized spacial score (nSPS) is 13.4. The van der Waals surface area contributed by atoms with Gasteiger partial charge in [0.25, 0.3) is 0 Å². The van der Waals surface area contributed by atoms with E-state index in [9.17, 15) is 4.79 Å². The monoisotopic (exact) mass is 506 g/mol. The van der Waals surface area contributed by atoms with Crippen LogP contribution in [-0.2, 0) is 24.2 Å². The van der Waals surface area contributed by atoms with E-state index in [0.29, 0.717) is 24.8 Å². The molecule has 1 amide bonds. The van der Waals surface area contributed by atoms with Crippen molar-refractivity contribution in [3.8, 4) is 0 Å². The van der Waals surface area contributed by atoms with Crippen LogP contribution >= 0.6 is 24.0 Å². The highest BCUT2D eigenvalue weighted by Crippen LogP contribution is 2.27. The molecule has 0 aliphatic heterocycles. The van der Waals surface area contributed by atoms with E-state index in [1.54, 1.807) is 0 Å². The van der Waals surface area contributed by atoms with Crippen molar-refractivity contribution < 1.29 is 4.79 Å². The quantitative estimate of drug-likeness (QED) is 0.290. The number of nitrogens with zero attached hydrogens (tertiary/aromatic N) is 1.